The van der Waals surface area contributed by atoms with Crippen LogP contribution in [0, 0.1) is 13.8 Å². The molecule has 0 aromatic heterocycles. The van der Waals surface area contributed by atoms with Crippen LogP contribution in [0.2, 0.25) is 0 Å². The van der Waals surface area contributed by atoms with E-state index in [-0.39, 0.29) is 11.8 Å². The molecule has 1 N–H and O–H groups in total. The molecule has 0 saturated heterocycles. The van der Waals surface area contributed by atoms with E-state index in [9.17, 15) is 9.59 Å². The van der Waals surface area contributed by atoms with Crippen LogP contribution >= 0.6 is 11.8 Å². The van der Waals surface area contributed by atoms with Crippen molar-refractivity contribution in [1.82, 2.24) is 10.2 Å². The van der Waals surface area contributed by atoms with E-state index >= 15 is 0 Å². The van der Waals surface area contributed by atoms with Crippen molar-refractivity contribution in [2.75, 3.05) is 12.8 Å². The first kappa shape index (κ1) is 20.0. The third kappa shape index (κ3) is 5.63. The lowest BCUT2D eigenvalue weighted by atomic mass is 10.1. The van der Waals surface area contributed by atoms with Crippen molar-refractivity contribution < 1.29 is 9.59 Å². The van der Waals surface area contributed by atoms with Crippen molar-refractivity contribution in [3.8, 4) is 0 Å². The lowest BCUT2D eigenvalue weighted by Gasteiger charge is -2.28. The number of amides is 2. The molecule has 2 aromatic rings. The summed E-state index contributed by atoms with van der Waals surface area (Å²) >= 11 is 1.49. The number of thioether (sulfide) groups is 1. The Labute approximate surface area is 160 Å². The van der Waals surface area contributed by atoms with Crippen molar-refractivity contribution >= 4 is 23.6 Å². The van der Waals surface area contributed by atoms with E-state index in [1.165, 1.54) is 22.9 Å². The van der Waals surface area contributed by atoms with Gasteiger partial charge in [-0.2, -0.15) is 0 Å². The Balaban J connectivity index is 2.10. The molecule has 0 aliphatic rings. The van der Waals surface area contributed by atoms with Gasteiger partial charge in [0, 0.05) is 18.5 Å². The molecule has 0 aliphatic carbocycles. The average Bonchev–Trinajstić information content (AvgIpc) is 2.65. The van der Waals surface area contributed by atoms with E-state index in [4.69, 9.17) is 0 Å². The number of benzene rings is 2. The van der Waals surface area contributed by atoms with Crippen LogP contribution < -0.4 is 5.32 Å². The molecule has 138 valence electrons. The molecule has 1 unspecified atom stereocenters. The molecule has 0 fully saturated rings. The van der Waals surface area contributed by atoms with Crippen LogP contribution in [-0.4, -0.2) is 35.6 Å². The van der Waals surface area contributed by atoms with E-state index in [2.05, 4.69) is 5.32 Å². The smallest absolute Gasteiger partial charge is 0.242 e. The molecular formula is C21H26N2O2S. The summed E-state index contributed by atoms with van der Waals surface area (Å²) in [6.07, 6.45) is 0. The normalized spacial score (nSPS) is 11.7. The van der Waals surface area contributed by atoms with Gasteiger partial charge in [0.15, 0.2) is 0 Å². The molecule has 4 nitrogen and oxygen atoms in total. The summed E-state index contributed by atoms with van der Waals surface area (Å²) in [7, 11) is 1.59. The van der Waals surface area contributed by atoms with Crippen LogP contribution in [0.25, 0.3) is 0 Å². The predicted molar refractivity (Wildman–Crippen MR) is 107 cm³/mol. The van der Waals surface area contributed by atoms with Gasteiger partial charge in [-0.1, -0.05) is 47.5 Å². The number of nitrogens with zero attached hydrogens (tertiary/aromatic N) is 1. The van der Waals surface area contributed by atoms with E-state index < -0.39 is 6.04 Å². The molecule has 0 spiro atoms. The van der Waals surface area contributed by atoms with Gasteiger partial charge in [-0.25, -0.2) is 0 Å². The van der Waals surface area contributed by atoms with Gasteiger partial charge in [0.25, 0.3) is 0 Å². The van der Waals surface area contributed by atoms with Crippen molar-refractivity contribution in [3.63, 3.8) is 0 Å². The Morgan fingerprint density at radius 3 is 2.08 bits per heavy atom. The van der Waals surface area contributed by atoms with Crippen LogP contribution in [0.3, 0.4) is 0 Å². The van der Waals surface area contributed by atoms with Gasteiger partial charge in [-0.05, 0) is 38.5 Å². The number of aryl methyl sites for hydroxylation is 2. The van der Waals surface area contributed by atoms with Gasteiger partial charge in [-0.3, -0.25) is 9.59 Å². The van der Waals surface area contributed by atoms with E-state index in [0.29, 0.717) is 12.3 Å². The second-order valence-electron chi connectivity index (χ2n) is 6.40. The summed E-state index contributed by atoms with van der Waals surface area (Å²) in [5.74, 6) is 0.0917. The van der Waals surface area contributed by atoms with E-state index in [1.807, 2.05) is 62.4 Å². The molecule has 26 heavy (non-hydrogen) atoms. The standard InChI is InChI=1S/C21H26N2O2S/c1-15-5-9-18(10-6-15)13-23(17(3)21(25)22-4)20(24)14-26-19-11-7-16(2)8-12-19/h5-12,17H,13-14H2,1-4H3,(H,22,25). The highest BCUT2D eigenvalue weighted by Gasteiger charge is 2.25. The zero-order chi connectivity index (χ0) is 19.1. The van der Waals surface area contributed by atoms with Gasteiger partial charge in [0.2, 0.25) is 11.8 Å². The Bertz CT molecular complexity index is 742. The minimum absolute atomic E-state index is 0.0488. The van der Waals surface area contributed by atoms with Gasteiger partial charge < -0.3 is 10.2 Å². The Hall–Kier alpha value is -2.27. The minimum Gasteiger partial charge on any atom is -0.357 e. The summed E-state index contributed by atoms with van der Waals surface area (Å²) < 4.78 is 0. The summed E-state index contributed by atoms with van der Waals surface area (Å²) in [6, 6.07) is 15.6. The number of hydrogen-bond donors (Lipinski definition) is 1. The topological polar surface area (TPSA) is 49.4 Å². The largest absolute Gasteiger partial charge is 0.357 e. The lowest BCUT2D eigenvalue weighted by molar-refractivity contribution is -0.138. The van der Waals surface area contributed by atoms with Crippen LogP contribution in [0.15, 0.2) is 53.4 Å². The molecule has 2 rings (SSSR count). The SMILES string of the molecule is CNC(=O)C(C)N(Cc1ccc(C)cc1)C(=O)CSc1ccc(C)cc1. The molecule has 0 radical (unpaired) electrons. The average molecular weight is 371 g/mol. The molecule has 0 saturated carbocycles. The summed E-state index contributed by atoms with van der Waals surface area (Å²) in [5, 5.41) is 2.64. The second kappa shape index (κ2) is 9.43. The Kier molecular flexibility index (Phi) is 7.27. The molecule has 1 atom stereocenters. The highest BCUT2D eigenvalue weighted by atomic mass is 32.2. The van der Waals surface area contributed by atoms with Crippen molar-refractivity contribution in [2.45, 2.75) is 38.3 Å². The van der Waals surface area contributed by atoms with Crippen LogP contribution in [0.1, 0.15) is 23.6 Å². The molecular weight excluding hydrogens is 344 g/mol. The predicted octanol–water partition coefficient (Wildman–Crippen LogP) is 3.56. The highest BCUT2D eigenvalue weighted by molar-refractivity contribution is 8.00. The molecule has 0 heterocycles. The molecule has 0 bridgehead atoms. The number of carbonyl (C=O) groups is 2. The van der Waals surface area contributed by atoms with Crippen LogP contribution in [0.5, 0.6) is 0 Å². The minimum atomic E-state index is -0.521. The molecule has 5 heteroatoms. The number of likely N-dealkylation sites (N-methyl/N-ethyl adjacent to an activating group) is 1. The van der Waals surface area contributed by atoms with Gasteiger partial charge >= 0.3 is 0 Å². The van der Waals surface area contributed by atoms with Crippen molar-refractivity contribution in [2.24, 2.45) is 0 Å². The fourth-order valence-corrected chi connectivity index (χ4v) is 3.33. The maximum absolute atomic E-state index is 12.8. The third-order valence-corrected chi connectivity index (χ3v) is 5.27. The summed E-state index contributed by atoms with van der Waals surface area (Å²) in [5.41, 5.74) is 3.37. The first-order valence-electron chi connectivity index (χ1n) is 8.66. The maximum atomic E-state index is 12.8. The summed E-state index contributed by atoms with van der Waals surface area (Å²) in [6.45, 7) is 6.25. The zero-order valence-electron chi connectivity index (χ0n) is 15.8. The monoisotopic (exact) mass is 370 g/mol. The Morgan fingerprint density at radius 2 is 1.54 bits per heavy atom. The number of nitrogens with one attached hydrogen (secondary N) is 1. The first-order valence-corrected chi connectivity index (χ1v) is 9.65. The van der Waals surface area contributed by atoms with Crippen LogP contribution in [-0.2, 0) is 16.1 Å². The van der Waals surface area contributed by atoms with E-state index in [1.54, 1.807) is 18.9 Å². The van der Waals surface area contributed by atoms with Gasteiger partial charge in [0.05, 0.1) is 5.75 Å². The fraction of sp³-hybridized carbons (Fsp3) is 0.333. The molecule has 0 aliphatic heterocycles. The highest BCUT2D eigenvalue weighted by Crippen LogP contribution is 2.20. The number of hydrogen-bond acceptors (Lipinski definition) is 3. The lowest BCUT2D eigenvalue weighted by Crippen LogP contribution is -2.47. The molecule has 2 aromatic carbocycles. The van der Waals surface area contributed by atoms with Crippen LogP contribution in [0.4, 0.5) is 0 Å². The first-order chi connectivity index (χ1) is 12.4. The van der Waals surface area contributed by atoms with Gasteiger partial charge in [0.1, 0.15) is 6.04 Å². The van der Waals surface area contributed by atoms with E-state index in [0.717, 1.165) is 10.5 Å². The third-order valence-electron chi connectivity index (χ3n) is 4.27. The Morgan fingerprint density at radius 1 is 1.00 bits per heavy atom. The summed E-state index contributed by atoms with van der Waals surface area (Å²) in [4.78, 5) is 27.6. The number of rotatable bonds is 7. The van der Waals surface area contributed by atoms with Crippen molar-refractivity contribution in [3.05, 3.63) is 65.2 Å². The maximum Gasteiger partial charge on any atom is 0.242 e. The quantitative estimate of drug-likeness (QED) is 0.758. The van der Waals surface area contributed by atoms with Crippen molar-refractivity contribution in [1.29, 1.82) is 0 Å². The number of carbonyl (C=O) groups excluding carboxylic acids is 2. The second-order valence-corrected chi connectivity index (χ2v) is 7.45. The zero-order valence-corrected chi connectivity index (χ0v) is 16.6. The van der Waals surface area contributed by atoms with Gasteiger partial charge in [-0.15, -0.1) is 11.8 Å². The fourth-order valence-electron chi connectivity index (χ4n) is 2.54. The molecule has 2 amide bonds.